The standard InChI is InChI=1S/C6H6.Ca.O/c1-2-4-6-5-3-1;;/h1-6H;;/q;+2;-2. The zero-order chi connectivity index (χ0) is 4.24. The van der Waals surface area contributed by atoms with Crippen molar-refractivity contribution in [3.05, 3.63) is 36.4 Å². The van der Waals surface area contributed by atoms with Crippen LogP contribution in [-0.4, -0.2) is 37.7 Å². The number of hydrogen-bond acceptors (Lipinski definition) is 0. The molecule has 0 aliphatic rings. The first-order valence-corrected chi connectivity index (χ1v) is 2.00. The second-order valence-electron chi connectivity index (χ2n) is 1.15. The van der Waals surface area contributed by atoms with Crippen LogP contribution in [-0.2, 0) is 5.48 Å². The van der Waals surface area contributed by atoms with Crippen LogP contribution in [0.3, 0.4) is 0 Å². The number of rotatable bonds is 0. The molecule has 0 bridgehead atoms. The molecular weight excluding hydrogens is 128 g/mol. The summed E-state index contributed by atoms with van der Waals surface area (Å²) in [6.07, 6.45) is 0. The Kier molecular flexibility index (Phi) is 10.5. The van der Waals surface area contributed by atoms with E-state index in [4.69, 9.17) is 0 Å². The Morgan fingerprint density at radius 2 is 0.625 bits per heavy atom. The van der Waals surface area contributed by atoms with Crippen molar-refractivity contribution >= 4 is 37.7 Å². The first kappa shape index (κ1) is 11.3. The Morgan fingerprint density at radius 3 is 0.750 bits per heavy atom. The fraction of sp³-hybridized carbons (Fsp3) is 0. The molecule has 0 saturated carbocycles. The summed E-state index contributed by atoms with van der Waals surface area (Å²) in [7, 11) is 0. The van der Waals surface area contributed by atoms with Crippen molar-refractivity contribution in [1.82, 2.24) is 0 Å². The smallest absolute Gasteiger partial charge is 2.00 e. The summed E-state index contributed by atoms with van der Waals surface area (Å²) >= 11 is 0. The zero-order valence-corrected chi connectivity index (χ0v) is 6.79. The van der Waals surface area contributed by atoms with Crippen LogP contribution in [0.4, 0.5) is 0 Å². The van der Waals surface area contributed by atoms with Crippen molar-refractivity contribution < 1.29 is 5.48 Å². The molecule has 0 aliphatic carbocycles. The van der Waals surface area contributed by atoms with Gasteiger partial charge < -0.3 is 5.48 Å². The maximum atomic E-state index is 2.00. The Balaban J connectivity index is 0. The monoisotopic (exact) mass is 134 g/mol. The summed E-state index contributed by atoms with van der Waals surface area (Å²) in [5.41, 5.74) is 0. The van der Waals surface area contributed by atoms with Gasteiger partial charge in [-0.2, -0.15) is 0 Å². The van der Waals surface area contributed by atoms with E-state index < -0.39 is 0 Å². The molecule has 0 saturated heterocycles. The molecule has 0 fully saturated rings. The van der Waals surface area contributed by atoms with E-state index in [0.29, 0.717) is 0 Å². The molecule has 0 radical (unpaired) electrons. The SMILES string of the molecule is [Ca+2].[O-2].c1ccccc1. The van der Waals surface area contributed by atoms with Crippen LogP contribution in [0.15, 0.2) is 36.4 Å². The van der Waals surface area contributed by atoms with Crippen molar-refractivity contribution in [2.75, 3.05) is 0 Å². The van der Waals surface area contributed by atoms with E-state index in [9.17, 15) is 0 Å². The first-order chi connectivity index (χ1) is 3.00. The molecule has 1 aromatic carbocycles. The van der Waals surface area contributed by atoms with Gasteiger partial charge in [0.2, 0.25) is 0 Å². The summed E-state index contributed by atoms with van der Waals surface area (Å²) in [6, 6.07) is 12.0. The fourth-order valence-electron chi connectivity index (χ4n) is 0.385. The summed E-state index contributed by atoms with van der Waals surface area (Å²) < 4.78 is 0. The molecule has 0 atom stereocenters. The third-order valence-corrected chi connectivity index (χ3v) is 0.667. The molecule has 0 aromatic heterocycles. The van der Waals surface area contributed by atoms with Gasteiger partial charge in [0.25, 0.3) is 0 Å². The van der Waals surface area contributed by atoms with Crippen LogP contribution in [0, 0.1) is 0 Å². The first-order valence-electron chi connectivity index (χ1n) is 2.00. The quantitative estimate of drug-likeness (QED) is 0.477. The number of hydrogen-bond donors (Lipinski definition) is 0. The van der Waals surface area contributed by atoms with E-state index in [0.717, 1.165) is 0 Å². The molecule has 2 heteroatoms. The molecule has 1 rings (SSSR count). The van der Waals surface area contributed by atoms with Gasteiger partial charge in [0.15, 0.2) is 0 Å². The summed E-state index contributed by atoms with van der Waals surface area (Å²) in [5, 5.41) is 0. The van der Waals surface area contributed by atoms with Gasteiger partial charge in [-0.3, -0.25) is 0 Å². The average Bonchev–Trinajstić information content (AvgIpc) is 1.72. The molecule has 0 unspecified atom stereocenters. The Bertz CT molecular complexity index is 80.5. The molecule has 0 aliphatic heterocycles. The van der Waals surface area contributed by atoms with Crippen LogP contribution >= 0.6 is 0 Å². The molecule has 1 aromatic rings. The topological polar surface area (TPSA) is 28.5 Å². The van der Waals surface area contributed by atoms with Crippen LogP contribution in [0.2, 0.25) is 0 Å². The van der Waals surface area contributed by atoms with E-state index in [1.165, 1.54) is 0 Å². The van der Waals surface area contributed by atoms with Gasteiger partial charge in [-0.15, -0.1) is 0 Å². The minimum atomic E-state index is 0. The van der Waals surface area contributed by atoms with Crippen LogP contribution < -0.4 is 0 Å². The third kappa shape index (κ3) is 4.60. The van der Waals surface area contributed by atoms with E-state index in [2.05, 4.69) is 0 Å². The maximum absolute atomic E-state index is 2.00. The summed E-state index contributed by atoms with van der Waals surface area (Å²) in [4.78, 5) is 0. The van der Waals surface area contributed by atoms with Crippen LogP contribution in [0.25, 0.3) is 0 Å². The fourth-order valence-corrected chi connectivity index (χ4v) is 0.385. The van der Waals surface area contributed by atoms with Crippen LogP contribution in [0.5, 0.6) is 0 Å². The molecule has 8 heavy (non-hydrogen) atoms. The second-order valence-corrected chi connectivity index (χ2v) is 1.15. The van der Waals surface area contributed by atoms with Crippen molar-refractivity contribution in [1.29, 1.82) is 0 Å². The molecule has 0 heterocycles. The molecule has 38 valence electrons. The predicted octanol–water partition coefficient (Wildman–Crippen LogP) is 1.19. The minimum Gasteiger partial charge on any atom is -2.00 e. The van der Waals surface area contributed by atoms with Gasteiger partial charge in [0.05, 0.1) is 0 Å². The molecule has 0 amide bonds. The zero-order valence-electron chi connectivity index (χ0n) is 4.58. The molecule has 1 nitrogen and oxygen atoms in total. The van der Waals surface area contributed by atoms with Gasteiger partial charge >= 0.3 is 37.7 Å². The van der Waals surface area contributed by atoms with E-state index in [1.54, 1.807) is 0 Å². The molecule has 0 spiro atoms. The third-order valence-electron chi connectivity index (χ3n) is 0.667. The van der Waals surface area contributed by atoms with Crippen molar-refractivity contribution in [2.45, 2.75) is 0 Å². The van der Waals surface area contributed by atoms with E-state index >= 15 is 0 Å². The van der Waals surface area contributed by atoms with Crippen LogP contribution in [0.1, 0.15) is 0 Å². The van der Waals surface area contributed by atoms with Crippen molar-refractivity contribution in [2.24, 2.45) is 0 Å². The normalized spacial score (nSPS) is 6.00. The second kappa shape index (κ2) is 7.44. The largest absolute Gasteiger partial charge is 2.00 e. The van der Waals surface area contributed by atoms with E-state index in [-0.39, 0.29) is 43.2 Å². The van der Waals surface area contributed by atoms with Gasteiger partial charge in [-0.25, -0.2) is 0 Å². The predicted molar refractivity (Wildman–Crippen MR) is 32.9 cm³/mol. The van der Waals surface area contributed by atoms with Gasteiger partial charge in [-0.1, -0.05) is 36.4 Å². The van der Waals surface area contributed by atoms with Crippen molar-refractivity contribution in [3.8, 4) is 0 Å². The van der Waals surface area contributed by atoms with Gasteiger partial charge in [-0.05, 0) is 0 Å². The Labute approximate surface area is 79.0 Å². The minimum absolute atomic E-state index is 0. The summed E-state index contributed by atoms with van der Waals surface area (Å²) in [5.74, 6) is 0. The average molecular weight is 134 g/mol. The Hall–Kier alpha value is 0.440. The number of benzene rings is 1. The molecule has 0 N–H and O–H groups in total. The van der Waals surface area contributed by atoms with Gasteiger partial charge in [0, 0.05) is 0 Å². The van der Waals surface area contributed by atoms with Gasteiger partial charge in [0.1, 0.15) is 0 Å². The maximum Gasteiger partial charge on any atom is 2.00 e. The van der Waals surface area contributed by atoms with E-state index in [1.807, 2.05) is 36.4 Å². The summed E-state index contributed by atoms with van der Waals surface area (Å²) in [6.45, 7) is 0. The Morgan fingerprint density at radius 1 is 0.500 bits per heavy atom. The molecular formula is C6H6CaO. The van der Waals surface area contributed by atoms with Crippen molar-refractivity contribution in [3.63, 3.8) is 0 Å².